The Balaban J connectivity index is 2.04. The van der Waals surface area contributed by atoms with Gasteiger partial charge in [-0.2, -0.15) is 0 Å². The van der Waals surface area contributed by atoms with Gasteiger partial charge in [-0.1, -0.05) is 42.1 Å². The molecular weight excluding hydrogens is 386 g/mol. The summed E-state index contributed by atoms with van der Waals surface area (Å²) in [5, 5.41) is 3.94. The minimum absolute atomic E-state index is 0.0848. The fraction of sp³-hybridized carbons (Fsp3) is 0.318. The SMILES string of the molecule is COC[C@H](C)NC(=O)CSc1nc2ccccc2c(=O)n1-c1c(C)cccc1C. The number of thioether (sulfide) groups is 1. The highest BCUT2D eigenvalue weighted by Crippen LogP contribution is 2.25. The molecule has 152 valence electrons. The number of carbonyl (C=O) groups is 1. The number of methoxy groups -OCH3 is 1. The molecule has 1 aromatic heterocycles. The van der Waals surface area contributed by atoms with Gasteiger partial charge in [-0.15, -0.1) is 0 Å². The van der Waals surface area contributed by atoms with Crippen molar-refractivity contribution in [1.29, 1.82) is 0 Å². The number of nitrogens with zero attached hydrogens (tertiary/aromatic N) is 2. The van der Waals surface area contributed by atoms with Crippen LogP contribution in [0, 0.1) is 13.8 Å². The van der Waals surface area contributed by atoms with E-state index in [1.165, 1.54) is 11.8 Å². The molecule has 2 aromatic carbocycles. The van der Waals surface area contributed by atoms with Crippen molar-refractivity contribution in [3.63, 3.8) is 0 Å². The van der Waals surface area contributed by atoms with Crippen LogP contribution in [0.4, 0.5) is 0 Å². The highest BCUT2D eigenvalue weighted by molar-refractivity contribution is 7.99. The molecular formula is C22H25N3O3S. The number of hydrogen-bond acceptors (Lipinski definition) is 5. The molecule has 7 heteroatoms. The van der Waals surface area contributed by atoms with Crippen molar-refractivity contribution < 1.29 is 9.53 Å². The number of fused-ring (bicyclic) bond motifs is 1. The summed E-state index contributed by atoms with van der Waals surface area (Å²) in [6.45, 7) is 6.26. The monoisotopic (exact) mass is 411 g/mol. The van der Waals surface area contributed by atoms with Crippen LogP contribution in [0.15, 0.2) is 52.4 Å². The number of ether oxygens (including phenoxy) is 1. The number of nitrogens with one attached hydrogen (secondary N) is 1. The average Bonchev–Trinajstić information content (AvgIpc) is 2.68. The molecule has 0 aliphatic carbocycles. The summed E-state index contributed by atoms with van der Waals surface area (Å²) in [7, 11) is 1.60. The third kappa shape index (κ3) is 4.68. The van der Waals surface area contributed by atoms with E-state index >= 15 is 0 Å². The molecule has 0 aliphatic rings. The third-order valence-corrected chi connectivity index (χ3v) is 5.50. The third-order valence-electron chi connectivity index (χ3n) is 4.56. The minimum Gasteiger partial charge on any atom is -0.383 e. The van der Waals surface area contributed by atoms with E-state index in [1.54, 1.807) is 17.7 Å². The molecule has 0 fully saturated rings. The fourth-order valence-electron chi connectivity index (χ4n) is 3.30. The molecule has 1 amide bonds. The summed E-state index contributed by atoms with van der Waals surface area (Å²) >= 11 is 1.26. The smallest absolute Gasteiger partial charge is 0.266 e. The van der Waals surface area contributed by atoms with E-state index in [0.29, 0.717) is 22.7 Å². The lowest BCUT2D eigenvalue weighted by Crippen LogP contribution is -2.36. The van der Waals surface area contributed by atoms with Crippen LogP contribution in [-0.2, 0) is 9.53 Å². The van der Waals surface area contributed by atoms with E-state index in [2.05, 4.69) is 5.32 Å². The lowest BCUT2D eigenvalue weighted by atomic mass is 10.1. The van der Waals surface area contributed by atoms with Gasteiger partial charge in [0, 0.05) is 13.2 Å². The summed E-state index contributed by atoms with van der Waals surface area (Å²) in [6, 6.07) is 13.1. The number of carbonyl (C=O) groups excluding carboxylic acids is 1. The largest absolute Gasteiger partial charge is 0.383 e. The predicted molar refractivity (Wildman–Crippen MR) is 117 cm³/mol. The number of para-hydroxylation sites is 2. The van der Waals surface area contributed by atoms with Crippen LogP contribution in [0.2, 0.25) is 0 Å². The van der Waals surface area contributed by atoms with Crippen LogP contribution < -0.4 is 10.9 Å². The average molecular weight is 412 g/mol. The lowest BCUT2D eigenvalue weighted by Gasteiger charge is -2.17. The Hall–Kier alpha value is -2.64. The summed E-state index contributed by atoms with van der Waals surface area (Å²) in [5.74, 6) is 0.0269. The standard InChI is InChI=1S/C22H25N3O3S/c1-14-8-7-9-15(2)20(14)25-21(27)17-10-5-6-11-18(17)24-22(25)29-13-19(26)23-16(3)12-28-4/h5-11,16H,12-13H2,1-4H3,(H,23,26)/t16-/m0/s1. The van der Waals surface area contributed by atoms with Crippen LogP contribution in [-0.4, -0.2) is 41.0 Å². The van der Waals surface area contributed by atoms with E-state index in [1.807, 2.05) is 57.2 Å². The number of rotatable bonds is 7. The summed E-state index contributed by atoms with van der Waals surface area (Å²) in [4.78, 5) is 30.4. The molecule has 1 heterocycles. The molecule has 0 unspecified atom stereocenters. The molecule has 0 radical (unpaired) electrons. The van der Waals surface area contributed by atoms with Gasteiger partial charge < -0.3 is 10.1 Å². The normalized spacial score (nSPS) is 12.1. The maximum Gasteiger partial charge on any atom is 0.266 e. The summed E-state index contributed by atoms with van der Waals surface area (Å²) in [6.07, 6.45) is 0. The molecule has 3 aromatic rings. The number of amides is 1. The van der Waals surface area contributed by atoms with E-state index < -0.39 is 0 Å². The zero-order valence-electron chi connectivity index (χ0n) is 17.1. The zero-order chi connectivity index (χ0) is 21.0. The second kappa shape index (κ2) is 9.24. The van der Waals surface area contributed by atoms with Crippen molar-refractivity contribution in [2.45, 2.75) is 32.0 Å². The number of aryl methyl sites for hydroxylation is 2. The quantitative estimate of drug-likeness (QED) is 0.477. The van der Waals surface area contributed by atoms with Crippen LogP contribution >= 0.6 is 11.8 Å². The first-order valence-corrected chi connectivity index (χ1v) is 10.4. The summed E-state index contributed by atoms with van der Waals surface area (Å²) in [5.41, 5.74) is 3.25. The molecule has 0 saturated carbocycles. The van der Waals surface area contributed by atoms with Gasteiger partial charge in [0.15, 0.2) is 5.16 Å². The second-order valence-corrected chi connectivity index (χ2v) is 7.95. The first-order valence-electron chi connectivity index (χ1n) is 9.42. The van der Waals surface area contributed by atoms with Gasteiger partial charge >= 0.3 is 0 Å². The Morgan fingerprint density at radius 1 is 1.17 bits per heavy atom. The van der Waals surface area contributed by atoms with E-state index in [-0.39, 0.29) is 23.3 Å². The fourth-order valence-corrected chi connectivity index (χ4v) is 4.11. The molecule has 0 bridgehead atoms. The van der Waals surface area contributed by atoms with Gasteiger partial charge in [-0.05, 0) is 44.0 Å². The number of benzene rings is 2. The molecule has 1 N–H and O–H groups in total. The molecule has 29 heavy (non-hydrogen) atoms. The van der Waals surface area contributed by atoms with Gasteiger partial charge in [-0.3, -0.25) is 14.2 Å². The molecule has 6 nitrogen and oxygen atoms in total. The zero-order valence-corrected chi connectivity index (χ0v) is 17.9. The Morgan fingerprint density at radius 2 is 1.86 bits per heavy atom. The van der Waals surface area contributed by atoms with Gasteiger partial charge in [0.05, 0.1) is 29.0 Å². The van der Waals surface area contributed by atoms with Gasteiger partial charge in [0.25, 0.3) is 5.56 Å². The van der Waals surface area contributed by atoms with Crippen molar-refractivity contribution in [3.8, 4) is 5.69 Å². The van der Waals surface area contributed by atoms with Crippen molar-refractivity contribution in [3.05, 3.63) is 63.9 Å². The van der Waals surface area contributed by atoms with Crippen molar-refractivity contribution in [2.75, 3.05) is 19.5 Å². The van der Waals surface area contributed by atoms with E-state index in [0.717, 1.165) is 16.8 Å². The Morgan fingerprint density at radius 3 is 2.55 bits per heavy atom. The van der Waals surface area contributed by atoms with E-state index in [9.17, 15) is 9.59 Å². The van der Waals surface area contributed by atoms with Gasteiger partial charge in [0.1, 0.15) is 0 Å². The highest BCUT2D eigenvalue weighted by atomic mass is 32.2. The predicted octanol–water partition coefficient (Wildman–Crippen LogP) is 3.25. The summed E-state index contributed by atoms with van der Waals surface area (Å²) < 4.78 is 6.68. The van der Waals surface area contributed by atoms with Gasteiger partial charge in [-0.25, -0.2) is 4.98 Å². The maximum absolute atomic E-state index is 13.4. The van der Waals surface area contributed by atoms with Crippen LogP contribution in [0.1, 0.15) is 18.1 Å². The first kappa shape index (κ1) is 21.1. The first-order chi connectivity index (χ1) is 13.9. The topological polar surface area (TPSA) is 73.2 Å². The number of hydrogen-bond donors (Lipinski definition) is 1. The van der Waals surface area contributed by atoms with Crippen LogP contribution in [0.5, 0.6) is 0 Å². The maximum atomic E-state index is 13.4. The molecule has 3 rings (SSSR count). The Bertz CT molecular complexity index is 1070. The minimum atomic E-state index is -0.136. The highest BCUT2D eigenvalue weighted by Gasteiger charge is 2.17. The molecule has 0 spiro atoms. The second-order valence-electron chi connectivity index (χ2n) is 7.01. The molecule has 1 atom stereocenters. The lowest BCUT2D eigenvalue weighted by molar-refractivity contribution is -0.119. The van der Waals surface area contributed by atoms with Crippen molar-refractivity contribution in [1.82, 2.24) is 14.9 Å². The van der Waals surface area contributed by atoms with Crippen molar-refractivity contribution in [2.24, 2.45) is 0 Å². The Kier molecular flexibility index (Phi) is 6.71. The van der Waals surface area contributed by atoms with Gasteiger partial charge in [0.2, 0.25) is 5.91 Å². The van der Waals surface area contributed by atoms with Crippen molar-refractivity contribution >= 4 is 28.6 Å². The van der Waals surface area contributed by atoms with E-state index in [4.69, 9.17) is 9.72 Å². The van der Waals surface area contributed by atoms with Crippen LogP contribution in [0.3, 0.4) is 0 Å². The number of aromatic nitrogens is 2. The Labute approximate surface area is 174 Å². The van der Waals surface area contributed by atoms with Crippen LogP contribution in [0.25, 0.3) is 16.6 Å². The molecule has 0 saturated heterocycles. The molecule has 0 aliphatic heterocycles.